The van der Waals surface area contributed by atoms with E-state index >= 15 is 0 Å². The summed E-state index contributed by atoms with van der Waals surface area (Å²) in [4.78, 5) is 14.4. The number of rotatable bonds is 5. The molecule has 0 aromatic heterocycles. The lowest BCUT2D eigenvalue weighted by atomic mass is 10.1. The van der Waals surface area contributed by atoms with Crippen molar-refractivity contribution < 1.29 is 9.90 Å². The first kappa shape index (κ1) is 19.6. The molecule has 3 rings (SSSR count). The van der Waals surface area contributed by atoms with Crippen LogP contribution in [0.1, 0.15) is 5.56 Å². The van der Waals surface area contributed by atoms with Crippen molar-refractivity contribution in [3.63, 3.8) is 0 Å². The molecule has 0 aliphatic carbocycles. The lowest BCUT2D eigenvalue weighted by Crippen LogP contribution is -2.13. The van der Waals surface area contributed by atoms with Gasteiger partial charge in [-0.25, -0.2) is 0 Å². The first-order valence-corrected chi connectivity index (χ1v) is 9.48. The largest absolute Gasteiger partial charge is 0.508 e. The third kappa shape index (κ3) is 5.40. The first-order chi connectivity index (χ1) is 13.5. The molecule has 0 bridgehead atoms. The Balaban J connectivity index is 1.69. The van der Waals surface area contributed by atoms with Crippen LogP contribution in [0.15, 0.2) is 88.2 Å². The molecule has 6 heteroatoms. The van der Waals surface area contributed by atoms with Gasteiger partial charge in [-0.05, 0) is 72.3 Å². The number of nitrogens with zero attached hydrogens (tertiary/aromatic N) is 1. The fourth-order valence-electron chi connectivity index (χ4n) is 2.33. The quantitative estimate of drug-likeness (QED) is 0.322. The van der Waals surface area contributed by atoms with Gasteiger partial charge in [-0.1, -0.05) is 35.5 Å². The Kier molecular flexibility index (Phi) is 6.38. The van der Waals surface area contributed by atoms with Gasteiger partial charge in [0.25, 0.3) is 5.91 Å². The number of carbonyl (C=O) groups excluding carboxylic acids is 1. The zero-order valence-electron chi connectivity index (χ0n) is 14.6. The number of anilines is 1. The van der Waals surface area contributed by atoms with E-state index in [1.807, 2.05) is 54.6 Å². The number of phenolic OH excluding ortho intramolecular Hbond substituents is 1. The van der Waals surface area contributed by atoms with E-state index in [4.69, 9.17) is 11.6 Å². The molecule has 0 atom stereocenters. The molecular formula is C22H15ClN2O2S. The molecular weight excluding hydrogens is 392 g/mol. The van der Waals surface area contributed by atoms with Crippen LogP contribution in [0.5, 0.6) is 5.75 Å². The molecule has 0 fully saturated rings. The van der Waals surface area contributed by atoms with Crippen molar-refractivity contribution in [3.8, 4) is 11.8 Å². The number of carbonyl (C=O) groups is 1. The molecule has 28 heavy (non-hydrogen) atoms. The Morgan fingerprint density at radius 2 is 1.54 bits per heavy atom. The van der Waals surface area contributed by atoms with Crippen molar-refractivity contribution in [1.29, 1.82) is 5.26 Å². The number of hydrogen-bond acceptors (Lipinski definition) is 4. The van der Waals surface area contributed by atoms with E-state index in [0.717, 1.165) is 15.4 Å². The predicted octanol–water partition coefficient (Wildman–Crippen LogP) is 5.74. The number of hydrogen-bond donors (Lipinski definition) is 2. The van der Waals surface area contributed by atoms with E-state index in [9.17, 15) is 15.2 Å². The molecule has 3 aromatic rings. The summed E-state index contributed by atoms with van der Waals surface area (Å²) in [6, 6.07) is 23.1. The maximum Gasteiger partial charge on any atom is 0.266 e. The number of benzene rings is 3. The van der Waals surface area contributed by atoms with Crippen LogP contribution in [0.2, 0.25) is 5.02 Å². The molecule has 0 saturated heterocycles. The Morgan fingerprint density at radius 1 is 0.964 bits per heavy atom. The summed E-state index contributed by atoms with van der Waals surface area (Å²) in [6.07, 6.45) is 1.53. The van der Waals surface area contributed by atoms with Gasteiger partial charge in [-0.15, -0.1) is 0 Å². The van der Waals surface area contributed by atoms with Crippen molar-refractivity contribution in [1.82, 2.24) is 0 Å². The highest BCUT2D eigenvalue weighted by Gasteiger charge is 2.09. The lowest BCUT2D eigenvalue weighted by molar-refractivity contribution is -0.112. The number of amides is 1. The molecule has 0 radical (unpaired) electrons. The van der Waals surface area contributed by atoms with Crippen molar-refractivity contribution in [3.05, 3.63) is 89.0 Å². The number of phenols is 1. The maximum absolute atomic E-state index is 12.3. The van der Waals surface area contributed by atoms with Crippen LogP contribution >= 0.6 is 23.4 Å². The minimum Gasteiger partial charge on any atom is -0.508 e. The molecule has 0 heterocycles. The molecule has 2 N–H and O–H groups in total. The van der Waals surface area contributed by atoms with Gasteiger partial charge < -0.3 is 10.4 Å². The van der Waals surface area contributed by atoms with Crippen LogP contribution in [0.3, 0.4) is 0 Å². The molecule has 0 saturated carbocycles. The molecule has 3 aromatic carbocycles. The van der Waals surface area contributed by atoms with Gasteiger partial charge in [0.15, 0.2) is 0 Å². The highest BCUT2D eigenvalue weighted by atomic mass is 35.5. The minimum atomic E-state index is -0.507. The van der Waals surface area contributed by atoms with Crippen LogP contribution < -0.4 is 5.32 Å². The molecule has 0 aliphatic rings. The van der Waals surface area contributed by atoms with Gasteiger partial charge in [0.2, 0.25) is 0 Å². The average molecular weight is 407 g/mol. The van der Waals surface area contributed by atoms with Gasteiger partial charge >= 0.3 is 0 Å². The van der Waals surface area contributed by atoms with Crippen molar-refractivity contribution in [2.75, 3.05) is 5.32 Å². The van der Waals surface area contributed by atoms with Crippen molar-refractivity contribution >= 4 is 41.0 Å². The molecule has 0 unspecified atom stereocenters. The van der Waals surface area contributed by atoms with Crippen LogP contribution in [0.25, 0.3) is 6.08 Å². The van der Waals surface area contributed by atoms with Gasteiger partial charge in [0, 0.05) is 20.5 Å². The number of halogens is 1. The Bertz CT molecular complexity index is 1040. The van der Waals surface area contributed by atoms with Gasteiger partial charge in [-0.3, -0.25) is 4.79 Å². The van der Waals surface area contributed by atoms with Gasteiger partial charge in [-0.2, -0.15) is 5.26 Å². The third-order valence-electron chi connectivity index (χ3n) is 3.73. The maximum atomic E-state index is 12.3. The summed E-state index contributed by atoms with van der Waals surface area (Å²) >= 11 is 7.49. The summed E-state index contributed by atoms with van der Waals surface area (Å²) in [5.41, 5.74) is 1.24. The molecule has 1 amide bonds. The molecule has 0 spiro atoms. The highest BCUT2D eigenvalue weighted by molar-refractivity contribution is 7.99. The SMILES string of the molecule is N#CC(=Cc1ccc(Sc2ccc(Cl)cc2)cc1)C(=O)Nc1ccc(O)cc1. The standard InChI is InChI=1S/C22H15ClN2O2S/c23-17-3-11-21(12-4-17)28-20-9-1-15(2-10-20)13-16(14-24)22(27)25-18-5-7-19(26)8-6-18/h1-13,26H,(H,25,27). The second kappa shape index (κ2) is 9.14. The van der Waals surface area contributed by atoms with E-state index in [2.05, 4.69) is 5.32 Å². The average Bonchev–Trinajstić information content (AvgIpc) is 2.71. The lowest BCUT2D eigenvalue weighted by Gasteiger charge is -2.05. The van der Waals surface area contributed by atoms with Gasteiger partial charge in [0.05, 0.1) is 0 Å². The van der Waals surface area contributed by atoms with E-state index in [-0.39, 0.29) is 11.3 Å². The topological polar surface area (TPSA) is 73.1 Å². The van der Waals surface area contributed by atoms with Crippen molar-refractivity contribution in [2.45, 2.75) is 9.79 Å². The second-order valence-electron chi connectivity index (χ2n) is 5.80. The highest BCUT2D eigenvalue weighted by Crippen LogP contribution is 2.29. The van der Waals surface area contributed by atoms with E-state index in [1.165, 1.54) is 18.2 Å². The monoisotopic (exact) mass is 406 g/mol. The molecule has 4 nitrogen and oxygen atoms in total. The summed E-state index contributed by atoms with van der Waals surface area (Å²) in [7, 11) is 0. The second-order valence-corrected chi connectivity index (χ2v) is 7.38. The van der Waals surface area contributed by atoms with E-state index in [0.29, 0.717) is 10.7 Å². The number of nitriles is 1. The van der Waals surface area contributed by atoms with Gasteiger partial charge in [0.1, 0.15) is 17.4 Å². The summed E-state index contributed by atoms with van der Waals surface area (Å²) < 4.78 is 0. The zero-order chi connectivity index (χ0) is 19.9. The first-order valence-electron chi connectivity index (χ1n) is 8.29. The number of aromatic hydroxyl groups is 1. The van der Waals surface area contributed by atoms with Crippen LogP contribution in [-0.4, -0.2) is 11.0 Å². The zero-order valence-corrected chi connectivity index (χ0v) is 16.2. The molecule has 138 valence electrons. The van der Waals surface area contributed by atoms with Crippen LogP contribution in [-0.2, 0) is 4.79 Å². The van der Waals surface area contributed by atoms with E-state index in [1.54, 1.807) is 23.9 Å². The fourth-order valence-corrected chi connectivity index (χ4v) is 3.27. The fraction of sp³-hybridized carbons (Fsp3) is 0. The normalized spacial score (nSPS) is 10.9. The smallest absolute Gasteiger partial charge is 0.266 e. The summed E-state index contributed by atoms with van der Waals surface area (Å²) in [5.74, 6) is -0.404. The van der Waals surface area contributed by atoms with Crippen LogP contribution in [0.4, 0.5) is 5.69 Å². The Labute approximate surface area is 172 Å². The Hall–Kier alpha value is -3.20. The number of nitrogens with one attached hydrogen (secondary N) is 1. The predicted molar refractivity (Wildman–Crippen MR) is 112 cm³/mol. The van der Waals surface area contributed by atoms with Crippen LogP contribution in [0, 0.1) is 11.3 Å². The van der Waals surface area contributed by atoms with E-state index < -0.39 is 5.91 Å². The minimum absolute atomic E-state index is 0.00817. The third-order valence-corrected chi connectivity index (χ3v) is 5.00. The molecule has 0 aliphatic heterocycles. The van der Waals surface area contributed by atoms with Crippen molar-refractivity contribution in [2.24, 2.45) is 0 Å². The summed E-state index contributed by atoms with van der Waals surface area (Å²) in [6.45, 7) is 0. The Morgan fingerprint density at radius 3 is 2.11 bits per heavy atom. The summed E-state index contributed by atoms with van der Waals surface area (Å²) in [5, 5.41) is 21.9.